The van der Waals surface area contributed by atoms with Crippen molar-refractivity contribution in [3.05, 3.63) is 77.3 Å². The number of nitrogens with zero attached hydrogens (tertiary/aromatic N) is 2. The predicted molar refractivity (Wildman–Crippen MR) is 130 cm³/mol. The van der Waals surface area contributed by atoms with Crippen molar-refractivity contribution in [1.82, 2.24) is 20.6 Å². The molecular weight excluding hydrogens is 458 g/mol. The average Bonchev–Trinajstić information content (AvgIpc) is 2.88. The van der Waals surface area contributed by atoms with Crippen LogP contribution in [0.25, 0.3) is 0 Å². The van der Waals surface area contributed by atoms with Crippen LogP contribution in [0.15, 0.2) is 61.2 Å². The molecule has 0 bridgehead atoms. The molecule has 2 amide bonds. The molecular formula is C24H28ClN5O4. The van der Waals surface area contributed by atoms with Crippen molar-refractivity contribution in [2.24, 2.45) is 5.73 Å². The lowest BCUT2D eigenvalue weighted by atomic mass is 10.2. The van der Waals surface area contributed by atoms with E-state index in [0.29, 0.717) is 28.8 Å². The maximum absolute atomic E-state index is 11.9. The van der Waals surface area contributed by atoms with E-state index in [2.05, 4.69) is 27.5 Å². The Morgan fingerprint density at radius 1 is 1.03 bits per heavy atom. The number of carbonyl (C=O) groups is 2. The van der Waals surface area contributed by atoms with Gasteiger partial charge in [0.25, 0.3) is 5.91 Å². The third-order valence-electron chi connectivity index (χ3n) is 4.30. The summed E-state index contributed by atoms with van der Waals surface area (Å²) in [7, 11) is 1.57. The molecule has 3 aromatic rings. The summed E-state index contributed by atoms with van der Waals surface area (Å²) in [4.78, 5) is 31.3. The van der Waals surface area contributed by atoms with Gasteiger partial charge in [-0.15, -0.1) is 0 Å². The van der Waals surface area contributed by atoms with Crippen LogP contribution in [0.4, 0.5) is 0 Å². The zero-order valence-corrected chi connectivity index (χ0v) is 19.8. The van der Waals surface area contributed by atoms with Crippen LogP contribution in [-0.4, -0.2) is 42.0 Å². The number of halogens is 1. The minimum absolute atomic E-state index is 0.148. The molecule has 10 heteroatoms. The van der Waals surface area contributed by atoms with Gasteiger partial charge in [-0.3, -0.25) is 9.59 Å². The second-order valence-electron chi connectivity index (χ2n) is 6.92. The van der Waals surface area contributed by atoms with Crippen molar-refractivity contribution in [2.75, 3.05) is 20.2 Å². The second-order valence-corrected chi connectivity index (χ2v) is 7.32. The van der Waals surface area contributed by atoms with E-state index in [4.69, 9.17) is 26.8 Å². The van der Waals surface area contributed by atoms with E-state index >= 15 is 0 Å². The lowest BCUT2D eigenvalue weighted by Gasteiger charge is -2.10. The van der Waals surface area contributed by atoms with Crippen molar-refractivity contribution in [2.45, 2.75) is 19.9 Å². The molecule has 1 heterocycles. The molecule has 0 unspecified atom stereocenters. The smallest absolute Gasteiger partial charge is 0.254 e. The summed E-state index contributed by atoms with van der Waals surface area (Å²) in [6, 6.07) is 12.4. The molecule has 180 valence electrons. The van der Waals surface area contributed by atoms with Gasteiger partial charge in [0.2, 0.25) is 5.91 Å². The number of benzene rings is 2. The number of nitrogens with two attached hydrogens (primary N) is 1. The minimum Gasteiger partial charge on any atom is -0.497 e. The Morgan fingerprint density at radius 2 is 1.68 bits per heavy atom. The number of aromatic nitrogens is 2. The van der Waals surface area contributed by atoms with Crippen LogP contribution in [0.1, 0.15) is 29.3 Å². The first-order chi connectivity index (χ1) is 16.5. The molecule has 1 aromatic heterocycles. The second kappa shape index (κ2) is 14.5. The van der Waals surface area contributed by atoms with E-state index in [1.165, 1.54) is 18.7 Å². The van der Waals surface area contributed by atoms with Gasteiger partial charge >= 0.3 is 0 Å². The van der Waals surface area contributed by atoms with E-state index in [9.17, 15) is 9.59 Å². The van der Waals surface area contributed by atoms with Gasteiger partial charge in [-0.1, -0.05) is 30.7 Å². The quantitative estimate of drug-likeness (QED) is 0.424. The number of rotatable bonds is 9. The Kier molecular flexibility index (Phi) is 11.3. The number of hydrogen-bond acceptors (Lipinski definition) is 7. The number of nitrogens with one attached hydrogen (secondary N) is 2. The van der Waals surface area contributed by atoms with Gasteiger partial charge in [0, 0.05) is 25.0 Å². The molecule has 34 heavy (non-hydrogen) atoms. The third kappa shape index (κ3) is 9.05. The highest BCUT2D eigenvalue weighted by Crippen LogP contribution is 2.32. The molecule has 0 aliphatic rings. The monoisotopic (exact) mass is 485 g/mol. The van der Waals surface area contributed by atoms with E-state index < -0.39 is 5.91 Å². The maximum atomic E-state index is 11.9. The molecule has 0 radical (unpaired) electrons. The summed E-state index contributed by atoms with van der Waals surface area (Å²) in [6.07, 6.45) is 5.18. The molecule has 0 saturated heterocycles. The number of carbonyl (C=O) groups excluding carboxylic acids is 2. The first-order valence-corrected chi connectivity index (χ1v) is 10.9. The van der Waals surface area contributed by atoms with E-state index in [1.807, 2.05) is 12.1 Å². The molecule has 0 spiro atoms. The van der Waals surface area contributed by atoms with Crippen molar-refractivity contribution < 1.29 is 19.1 Å². The maximum Gasteiger partial charge on any atom is 0.254 e. The Balaban J connectivity index is 0.000000945. The topological polar surface area (TPSA) is 128 Å². The highest BCUT2D eigenvalue weighted by Gasteiger charge is 2.09. The molecule has 0 fully saturated rings. The SMILES string of the molecule is CCCN.COc1ccc(Oc2ccc(CNC(=O)CNC(=O)c3cncnc3)cc2)c(Cl)c1. The number of methoxy groups -OCH3 is 1. The third-order valence-corrected chi connectivity index (χ3v) is 4.60. The van der Waals surface area contributed by atoms with Crippen LogP contribution in [0, 0.1) is 0 Å². The van der Waals surface area contributed by atoms with Crippen LogP contribution in [0.5, 0.6) is 17.2 Å². The predicted octanol–water partition coefficient (Wildman–Crippen LogP) is 3.33. The number of amides is 2. The summed E-state index contributed by atoms with van der Waals surface area (Å²) in [5.41, 5.74) is 6.19. The van der Waals surface area contributed by atoms with Crippen LogP contribution in [0.3, 0.4) is 0 Å². The van der Waals surface area contributed by atoms with Gasteiger partial charge in [0.1, 0.15) is 23.6 Å². The fourth-order valence-electron chi connectivity index (χ4n) is 2.44. The van der Waals surface area contributed by atoms with Crippen LogP contribution in [-0.2, 0) is 11.3 Å². The zero-order valence-electron chi connectivity index (χ0n) is 19.1. The van der Waals surface area contributed by atoms with Gasteiger partial charge in [-0.25, -0.2) is 9.97 Å². The largest absolute Gasteiger partial charge is 0.497 e. The van der Waals surface area contributed by atoms with Gasteiger partial charge in [0.05, 0.1) is 24.2 Å². The van der Waals surface area contributed by atoms with Gasteiger partial charge < -0.3 is 25.8 Å². The van der Waals surface area contributed by atoms with Crippen molar-refractivity contribution >= 4 is 23.4 Å². The summed E-state index contributed by atoms with van der Waals surface area (Å²) in [6.45, 7) is 3.04. The highest BCUT2D eigenvalue weighted by molar-refractivity contribution is 6.32. The van der Waals surface area contributed by atoms with E-state index in [-0.39, 0.29) is 18.0 Å². The number of hydrogen-bond donors (Lipinski definition) is 3. The summed E-state index contributed by atoms with van der Waals surface area (Å²) < 4.78 is 10.9. The highest BCUT2D eigenvalue weighted by atomic mass is 35.5. The van der Waals surface area contributed by atoms with E-state index in [1.54, 1.807) is 37.4 Å². The minimum atomic E-state index is -0.413. The summed E-state index contributed by atoms with van der Waals surface area (Å²) in [5, 5.41) is 5.69. The Labute approximate surface area is 203 Å². The lowest BCUT2D eigenvalue weighted by molar-refractivity contribution is -0.120. The van der Waals surface area contributed by atoms with Crippen molar-refractivity contribution in [3.63, 3.8) is 0 Å². The molecule has 0 aliphatic heterocycles. The molecule has 9 nitrogen and oxygen atoms in total. The molecule has 0 aliphatic carbocycles. The standard InChI is InChI=1S/C21H19ClN4O4.C3H9N/c1-29-17-6-7-19(18(22)8-17)30-16-4-2-14(3-5-16)9-25-20(27)12-26-21(28)15-10-23-13-24-11-15;1-2-3-4/h2-8,10-11,13H,9,12H2,1H3,(H,25,27)(H,26,28);2-4H2,1H3. The Bertz CT molecular complexity index is 1050. The van der Waals surface area contributed by atoms with Crippen LogP contribution >= 0.6 is 11.6 Å². The number of ether oxygens (including phenoxy) is 2. The molecule has 4 N–H and O–H groups in total. The summed E-state index contributed by atoms with van der Waals surface area (Å²) in [5.74, 6) is 1.04. The van der Waals surface area contributed by atoms with Gasteiger partial charge in [0.15, 0.2) is 0 Å². The Morgan fingerprint density at radius 3 is 2.26 bits per heavy atom. The molecule has 2 aromatic carbocycles. The fraction of sp³-hybridized carbons (Fsp3) is 0.250. The van der Waals surface area contributed by atoms with Crippen molar-refractivity contribution in [3.8, 4) is 17.2 Å². The Hall–Kier alpha value is -3.69. The van der Waals surface area contributed by atoms with Gasteiger partial charge in [-0.05, 0) is 42.8 Å². The van der Waals surface area contributed by atoms with Crippen molar-refractivity contribution in [1.29, 1.82) is 0 Å². The summed E-state index contributed by atoms with van der Waals surface area (Å²) >= 11 is 6.18. The zero-order chi connectivity index (χ0) is 24.8. The van der Waals surface area contributed by atoms with Gasteiger partial charge in [-0.2, -0.15) is 0 Å². The van der Waals surface area contributed by atoms with Crippen LogP contribution < -0.4 is 25.8 Å². The first-order valence-electron chi connectivity index (χ1n) is 10.6. The average molecular weight is 486 g/mol. The normalized spacial score (nSPS) is 9.88. The first kappa shape index (κ1) is 26.6. The fourth-order valence-corrected chi connectivity index (χ4v) is 2.64. The van der Waals surface area contributed by atoms with Crippen LogP contribution in [0.2, 0.25) is 5.02 Å². The molecule has 0 atom stereocenters. The molecule has 3 rings (SSSR count). The van der Waals surface area contributed by atoms with E-state index in [0.717, 1.165) is 18.5 Å². The molecule has 0 saturated carbocycles. The lowest BCUT2D eigenvalue weighted by Crippen LogP contribution is -2.36.